The maximum atomic E-state index is 13.1. The van der Waals surface area contributed by atoms with Crippen LogP contribution in [-0.2, 0) is 17.9 Å². The van der Waals surface area contributed by atoms with Gasteiger partial charge in [0.05, 0.1) is 34.6 Å². The number of aliphatic hydroxyl groups is 1. The number of aliphatic hydroxyl groups excluding tert-OH is 1. The molecule has 2 atom stereocenters. The molecular weight excluding hydrogens is 651 g/mol. The molecule has 0 aliphatic carbocycles. The number of halogens is 2. The number of ether oxygens (including phenoxy) is 1. The molecule has 0 saturated carbocycles. The number of pyridine rings is 2. The van der Waals surface area contributed by atoms with Crippen molar-refractivity contribution in [3.8, 4) is 39.5 Å². The van der Waals surface area contributed by atoms with Gasteiger partial charge in [-0.15, -0.1) is 0 Å². The maximum absolute atomic E-state index is 13.1. The van der Waals surface area contributed by atoms with E-state index in [1.54, 1.807) is 20.2 Å². The highest BCUT2D eigenvalue weighted by Crippen LogP contribution is 2.42. The molecule has 4 heterocycles. The zero-order valence-corrected chi connectivity index (χ0v) is 28.4. The van der Waals surface area contributed by atoms with E-state index in [0.29, 0.717) is 78.6 Å². The van der Waals surface area contributed by atoms with Crippen LogP contribution in [0.1, 0.15) is 41.3 Å². The lowest BCUT2D eigenvalue weighted by molar-refractivity contribution is -0.119. The normalized spacial score (nSPS) is 16.3. The number of carbonyl (C=O) groups is 2. The maximum Gasteiger partial charge on any atom is 0.254 e. The van der Waals surface area contributed by atoms with Gasteiger partial charge in [0.2, 0.25) is 11.8 Å². The highest BCUT2D eigenvalue weighted by atomic mass is 35.5. The molecule has 6 rings (SSSR count). The quantitative estimate of drug-likeness (QED) is 0.143. The van der Waals surface area contributed by atoms with E-state index >= 15 is 0 Å². The zero-order chi connectivity index (χ0) is 33.8. The topological polar surface area (TPSA) is 129 Å². The summed E-state index contributed by atoms with van der Waals surface area (Å²) in [4.78, 5) is 35.7. The van der Waals surface area contributed by atoms with Gasteiger partial charge in [0.25, 0.3) is 5.91 Å². The van der Waals surface area contributed by atoms with E-state index < -0.39 is 6.10 Å². The number of aromatic nitrogens is 2. The fourth-order valence-electron chi connectivity index (χ4n) is 6.17. The number of nitrogens with zero attached hydrogens (tertiary/aromatic N) is 3. The van der Waals surface area contributed by atoms with Crippen molar-refractivity contribution in [2.45, 2.75) is 45.0 Å². The van der Waals surface area contributed by atoms with Crippen LogP contribution in [0.4, 0.5) is 0 Å². The summed E-state index contributed by atoms with van der Waals surface area (Å²) in [5.41, 5.74) is 6.71. The summed E-state index contributed by atoms with van der Waals surface area (Å²) in [5, 5.41) is 20.0. The molecule has 48 heavy (non-hydrogen) atoms. The molecule has 0 bridgehead atoms. The van der Waals surface area contributed by atoms with Crippen LogP contribution < -0.4 is 20.7 Å². The lowest BCUT2D eigenvalue weighted by Gasteiger charge is -2.17. The molecule has 2 aromatic carbocycles. The molecule has 10 nitrogen and oxygen atoms in total. The first-order valence-corrected chi connectivity index (χ1v) is 16.8. The van der Waals surface area contributed by atoms with Crippen molar-refractivity contribution < 1.29 is 19.4 Å². The number of methoxy groups -OCH3 is 1. The second-order valence-electron chi connectivity index (χ2n) is 12.1. The van der Waals surface area contributed by atoms with Gasteiger partial charge in [-0.25, -0.2) is 4.98 Å². The number of amides is 2. The Hall–Kier alpha value is -4.06. The van der Waals surface area contributed by atoms with Gasteiger partial charge in [-0.3, -0.25) is 14.6 Å². The number of carbonyl (C=O) groups excluding carboxylic acids is 2. The van der Waals surface area contributed by atoms with E-state index in [4.69, 9.17) is 32.9 Å². The Morgan fingerprint density at radius 1 is 1.04 bits per heavy atom. The molecule has 4 N–H and O–H groups in total. The third-order valence-electron chi connectivity index (χ3n) is 8.63. The molecule has 4 aromatic rings. The SMILES string of the molecule is COc1nc(-c2cccc(-c3ccnc(-c4ccc5c(c4)CN(CCNC[C@H]4CCC(=O)N4)C5=O)c3Cl)c2Cl)ccc1CNCC(C)O. The van der Waals surface area contributed by atoms with Crippen molar-refractivity contribution in [2.75, 3.05) is 33.3 Å². The molecule has 1 fully saturated rings. The van der Waals surface area contributed by atoms with Crippen LogP contribution in [-0.4, -0.2) is 77.2 Å². The lowest BCUT2D eigenvalue weighted by atomic mass is 9.98. The standard InChI is InChI=1S/C36H38Cl2N6O4/c1-21(45)17-40-18-23-7-10-30(43-35(23)48-2)29-5-3-4-27(32(29)37)28-12-13-41-34(33(28)38)22-6-9-26-24(16-22)20-44(36(26)47)15-14-39-19-25-8-11-31(46)42-25/h3-7,9-10,12-13,16,21,25,39-40,45H,8,11,14-15,17-20H2,1-2H3,(H,42,46)/t21?,25-/m1/s1. The molecule has 0 spiro atoms. The van der Waals surface area contributed by atoms with Crippen LogP contribution in [0.2, 0.25) is 10.0 Å². The van der Waals surface area contributed by atoms with Crippen LogP contribution in [0.25, 0.3) is 33.6 Å². The molecule has 2 aromatic heterocycles. The van der Waals surface area contributed by atoms with E-state index in [1.165, 1.54) is 0 Å². The van der Waals surface area contributed by atoms with Crippen molar-refractivity contribution in [3.63, 3.8) is 0 Å². The number of hydrogen-bond donors (Lipinski definition) is 4. The summed E-state index contributed by atoms with van der Waals surface area (Å²) < 4.78 is 5.57. The minimum Gasteiger partial charge on any atom is -0.481 e. The average molecular weight is 690 g/mol. The molecule has 2 aliphatic heterocycles. The van der Waals surface area contributed by atoms with Crippen LogP contribution >= 0.6 is 23.2 Å². The van der Waals surface area contributed by atoms with Crippen molar-refractivity contribution in [1.29, 1.82) is 0 Å². The van der Waals surface area contributed by atoms with E-state index in [9.17, 15) is 14.7 Å². The van der Waals surface area contributed by atoms with Crippen molar-refractivity contribution in [1.82, 2.24) is 30.8 Å². The molecule has 0 radical (unpaired) electrons. The predicted molar refractivity (Wildman–Crippen MR) is 187 cm³/mol. The molecule has 2 amide bonds. The number of fused-ring (bicyclic) bond motifs is 1. The van der Waals surface area contributed by atoms with E-state index in [1.807, 2.05) is 59.5 Å². The van der Waals surface area contributed by atoms with Gasteiger partial charge >= 0.3 is 0 Å². The number of benzene rings is 2. The Morgan fingerprint density at radius 3 is 2.62 bits per heavy atom. The zero-order valence-electron chi connectivity index (χ0n) is 26.9. The monoisotopic (exact) mass is 688 g/mol. The molecule has 250 valence electrons. The molecule has 2 aliphatic rings. The second kappa shape index (κ2) is 15.0. The Bertz CT molecular complexity index is 1830. The van der Waals surface area contributed by atoms with E-state index in [-0.39, 0.29) is 17.9 Å². The number of rotatable bonds is 13. The van der Waals surface area contributed by atoms with Gasteiger partial charge in [0.1, 0.15) is 0 Å². The second-order valence-corrected chi connectivity index (χ2v) is 12.9. The van der Waals surface area contributed by atoms with E-state index in [2.05, 4.69) is 20.9 Å². The van der Waals surface area contributed by atoms with Gasteiger partial charge in [-0.1, -0.05) is 53.5 Å². The summed E-state index contributed by atoms with van der Waals surface area (Å²) >= 11 is 14.1. The Morgan fingerprint density at radius 2 is 1.85 bits per heavy atom. The third kappa shape index (κ3) is 7.33. The van der Waals surface area contributed by atoms with E-state index in [0.717, 1.165) is 39.8 Å². The Kier molecular flexibility index (Phi) is 10.6. The third-order valence-corrected chi connectivity index (χ3v) is 9.42. The van der Waals surface area contributed by atoms with Crippen LogP contribution in [0.3, 0.4) is 0 Å². The molecule has 12 heteroatoms. The summed E-state index contributed by atoms with van der Waals surface area (Å²) in [6, 6.07) is 17.3. The van der Waals surface area contributed by atoms with Crippen molar-refractivity contribution in [3.05, 3.63) is 87.5 Å². The lowest BCUT2D eigenvalue weighted by Crippen LogP contribution is -2.39. The van der Waals surface area contributed by atoms with Crippen molar-refractivity contribution >= 4 is 35.0 Å². The first-order chi connectivity index (χ1) is 23.2. The largest absolute Gasteiger partial charge is 0.481 e. The minimum atomic E-state index is -0.458. The summed E-state index contributed by atoms with van der Waals surface area (Å²) in [6.07, 6.45) is 2.66. The van der Waals surface area contributed by atoms with Crippen LogP contribution in [0.5, 0.6) is 5.88 Å². The first kappa shape index (κ1) is 33.8. The summed E-state index contributed by atoms with van der Waals surface area (Å²) in [7, 11) is 1.57. The smallest absolute Gasteiger partial charge is 0.254 e. The van der Waals surface area contributed by atoms with Gasteiger partial charge in [-0.2, -0.15) is 0 Å². The van der Waals surface area contributed by atoms with Crippen LogP contribution in [0, 0.1) is 0 Å². The number of hydrogen-bond acceptors (Lipinski definition) is 8. The highest BCUT2D eigenvalue weighted by Gasteiger charge is 2.28. The minimum absolute atomic E-state index is 0.00165. The Labute approximate surface area is 289 Å². The van der Waals surface area contributed by atoms with Crippen LogP contribution in [0.15, 0.2) is 60.8 Å². The first-order valence-electron chi connectivity index (χ1n) is 16.0. The predicted octanol–water partition coefficient (Wildman–Crippen LogP) is 5.09. The Balaban J connectivity index is 1.19. The molecule has 1 unspecified atom stereocenters. The fourth-order valence-corrected chi connectivity index (χ4v) is 6.81. The number of nitrogens with one attached hydrogen (secondary N) is 3. The summed E-state index contributed by atoms with van der Waals surface area (Å²) in [6.45, 7) is 5.08. The molecule has 1 saturated heterocycles. The van der Waals surface area contributed by atoms with Crippen molar-refractivity contribution in [2.24, 2.45) is 0 Å². The molecular formula is C36H38Cl2N6O4. The fraction of sp³-hybridized carbons (Fsp3) is 0.333. The highest BCUT2D eigenvalue weighted by molar-refractivity contribution is 6.39. The summed E-state index contributed by atoms with van der Waals surface area (Å²) in [5.74, 6) is 0.567. The van der Waals surface area contributed by atoms with Gasteiger partial charge < -0.3 is 30.7 Å². The van der Waals surface area contributed by atoms with Gasteiger partial charge in [0.15, 0.2) is 0 Å². The van der Waals surface area contributed by atoms with Gasteiger partial charge in [0, 0.05) is 91.3 Å². The average Bonchev–Trinajstić information content (AvgIpc) is 3.64. The van der Waals surface area contributed by atoms with Gasteiger partial charge in [-0.05, 0) is 43.2 Å².